The van der Waals surface area contributed by atoms with Crippen molar-refractivity contribution in [1.29, 1.82) is 0 Å². The number of fused-ring (bicyclic) bond motifs is 1. The fraction of sp³-hybridized carbons (Fsp3) is 0.240. The molecule has 36 heavy (non-hydrogen) atoms. The average Bonchev–Trinajstić information content (AvgIpc) is 3.28. The lowest BCUT2D eigenvalue weighted by Crippen LogP contribution is -2.47. The van der Waals surface area contributed by atoms with E-state index in [1.807, 2.05) is 36.0 Å². The Morgan fingerprint density at radius 2 is 1.69 bits per heavy atom. The first-order valence-corrected chi connectivity index (χ1v) is 13.4. The number of aromatic nitrogens is 3. The van der Waals surface area contributed by atoms with E-state index < -0.39 is 10.0 Å². The zero-order valence-corrected chi connectivity index (χ0v) is 21.3. The highest BCUT2D eigenvalue weighted by Gasteiger charge is 2.26. The SMILES string of the molecule is Cc1ccc(S(=O)(=O)n2c(-c3ccc(CN4CCN([B]C=O)CC4)cc3)cc3c(Cl)ncnc32)cc1. The molecule has 1 aliphatic rings. The van der Waals surface area contributed by atoms with Gasteiger partial charge in [-0.25, -0.2) is 22.4 Å². The predicted molar refractivity (Wildman–Crippen MR) is 141 cm³/mol. The number of nitrogens with zero attached hydrogens (tertiary/aromatic N) is 5. The van der Waals surface area contributed by atoms with Crippen LogP contribution in [0.2, 0.25) is 5.15 Å². The molecule has 1 fully saturated rings. The van der Waals surface area contributed by atoms with Crippen LogP contribution in [0.3, 0.4) is 0 Å². The summed E-state index contributed by atoms with van der Waals surface area (Å²) < 4.78 is 28.8. The average molecular weight is 521 g/mol. The molecule has 1 saturated heterocycles. The number of carbonyl (C=O) groups is 1. The van der Waals surface area contributed by atoms with E-state index in [4.69, 9.17) is 11.6 Å². The van der Waals surface area contributed by atoms with Crippen molar-refractivity contribution < 1.29 is 13.2 Å². The maximum atomic E-state index is 13.8. The van der Waals surface area contributed by atoms with Gasteiger partial charge in [-0.1, -0.05) is 53.6 Å². The summed E-state index contributed by atoms with van der Waals surface area (Å²) in [6.45, 7) is 6.05. The van der Waals surface area contributed by atoms with Gasteiger partial charge in [-0.15, -0.1) is 0 Å². The molecule has 2 aromatic heterocycles. The van der Waals surface area contributed by atoms with Crippen LogP contribution in [0.25, 0.3) is 22.3 Å². The summed E-state index contributed by atoms with van der Waals surface area (Å²) in [5.41, 5.74) is 3.52. The fourth-order valence-corrected chi connectivity index (χ4v) is 6.08. The Hall–Kier alpha value is -3.05. The molecule has 1 aliphatic heterocycles. The van der Waals surface area contributed by atoms with E-state index in [9.17, 15) is 13.2 Å². The van der Waals surface area contributed by atoms with Gasteiger partial charge in [-0.05, 0) is 36.2 Å². The van der Waals surface area contributed by atoms with E-state index in [0.29, 0.717) is 11.1 Å². The quantitative estimate of drug-likeness (QED) is 0.210. The van der Waals surface area contributed by atoms with Crippen LogP contribution in [0, 0.1) is 6.92 Å². The minimum Gasteiger partial charge on any atom is -0.338 e. The van der Waals surface area contributed by atoms with Gasteiger partial charge in [0.05, 0.1) is 22.2 Å². The third-order valence-electron chi connectivity index (χ3n) is 6.40. The first kappa shape index (κ1) is 24.6. The monoisotopic (exact) mass is 520 g/mol. The summed E-state index contributed by atoms with van der Waals surface area (Å²) in [6.07, 6.45) is 2.09. The molecule has 0 spiro atoms. The lowest BCUT2D eigenvalue weighted by atomic mass is 9.93. The molecule has 183 valence electrons. The van der Waals surface area contributed by atoms with E-state index in [2.05, 4.69) is 14.9 Å². The van der Waals surface area contributed by atoms with Gasteiger partial charge in [0.1, 0.15) is 11.5 Å². The Morgan fingerprint density at radius 1 is 1.00 bits per heavy atom. The molecule has 1 radical (unpaired) electrons. The van der Waals surface area contributed by atoms with Crippen molar-refractivity contribution in [1.82, 2.24) is 23.7 Å². The Bertz CT molecular complexity index is 1500. The molecule has 0 aliphatic carbocycles. The van der Waals surface area contributed by atoms with Crippen LogP contribution < -0.4 is 0 Å². The smallest absolute Gasteiger partial charge is 0.293 e. The third-order valence-corrected chi connectivity index (χ3v) is 8.42. The molecular weight excluding hydrogens is 497 g/mol. The molecule has 5 rings (SSSR count). The molecule has 8 nitrogen and oxygen atoms in total. The van der Waals surface area contributed by atoms with Crippen molar-refractivity contribution in [3.63, 3.8) is 0 Å². The molecule has 0 saturated carbocycles. The van der Waals surface area contributed by atoms with Gasteiger partial charge in [0, 0.05) is 32.7 Å². The molecule has 0 bridgehead atoms. The third kappa shape index (κ3) is 4.81. The summed E-state index contributed by atoms with van der Waals surface area (Å²) in [6, 6.07) is 16.3. The lowest BCUT2D eigenvalue weighted by Gasteiger charge is -2.33. The number of rotatable bonds is 7. The zero-order chi connectivity index (χ0) is 25.3. The highest BCUT2D eigenvalue weighted by molar-refractivity contribution is 7.90. The minimum absolute atomic E-state index is 0.171. The van der Waals surface area contributed by atoms with Crippen molar-refractivity contribution in [2.75, 3.05) is 26.2 Å². The molecule has 11 heteroatoms. The van der Waals surface area contributed by atoms with Crippen LogP contribution in [0.15, 0.2) is 65.8 Å². The molecule has 2 aromatic carbocycles. The summed E-state index contributed by atoms with van der Waals surface area (Å²) in [4.78, 5) is 23.5. The van der Waals surface area contributed by atoms with E-state index in [1.165, 1.54) is 10.3 Å². The van der Waals surface area contributed by atoms with E-state index >= 15 is 0 Å². The minimum atomic E-state index is -3.95. The van der Waals surface area contributed by atoms with Crippen LogP contribution in [0.1, 0.15) is 11.1 Å². The van der Waals surface area contributed by atoms with Crippen LogP contribution in [-0.4, -0.2) is 71.8 Å². The molecular formula is C25H24BClN5O3S. The first-order chi connectivity index (χ1) is 17.4. The summed E-state index contributed by atoms with van der Waals surface area (Å²) in [7, 11) is -2.36. The summed E-state index contributed by atoms with van der Waals surface area (Å²) >= 11 is 6.32. The zero-order valence-electron chi connectivity index (χ0n) is 19.7. The molecule has 0 atom stereocenters. The maximum absolute atomic E-state index is 13.8. The summed E-state index contributed by atoms with van der Waals surface area (Å²) in [5, 5.41) is 0.667. The molecule has 0 N–H and O–H groups in total. The Balaban J connectivity index is 1.48. The largest absolute Gasteiger partial charge is 0.338 e. The number of hydrogen-bond acceptors (Lipinski definition) is 7. The van der Waals surface area contributed by atoms with E-state index in [-0.39, 0.29) is 15.7 Å². The van der Waals surface area contributed by atoms with Crippen LogP contribution in [-0.2, 0) is 21.4 Å². The van der Waals surface area contributed by atoms with E-state index in [1.54, 1.807) is 37.7 Å². The number of aryl methyl sites for hydroxylation is 1. The van der Waals surface area contributed by atoms with Crippen molar-refractivity contribution in [2.24, 2.45) is 0 Å². The summed E-state index contributed by atoms with van der Waals surface area (Å²) in [5.74, 6) is 0. The lowest BCUT2D eigenvalue weighted by molar-refractivity contribution is 0.183. The van der Waals surface area contributed by atoms with Crippen molar-refractivity contribution in [3.8, 4) is 11.3 Å². The van der Waals surface area contributed by atoms with Gasteiger partial charge >= 0.3 is 0 Å². The normalized spacial score (nSPS) is 15.3. The topological polar surface area (TPSA) is 88.4 Å². The number of benzene rings is 2. The molecule has 3 heterocycles. The highest BCUT2D eigenvalue weighted by atomic mass is 35.5. The highest BCUT2D eigenvalue weighted by Crippen LogP contribution is 2.34. The maximum Gasteiger partial charge on any atom is 0.293 e. The van der Waals surface area contributed by atoms with Crippen molar-refractivity contribution in [2.45, 2.75) is 18.4 Å². The van der Waals surface area contributed by atoms with Crippen LogP contribution in [0.4, 0.5) is 0 Å². The number of halogens is 1. The Labute approximate surface area is 215 Å². The van der Waals surface area contributed by atoms with Gasteiger partial charge in [0.15, 0.2) is 5.65 Å². The second-order valence-electron chi connectivity index (χ2n) is 8.81. The molecule has 0 unspecified atom stereocenters. The van der Waals surface area contributed by atoms with Gasteiger partial charge in [0.2, 0.25) is 0 Å². The van der Waals surface area contributed by atoms with Crippen LogP contribution >= 0.6 is 11.6 Å². The second-order valence-corrected chi connectivity index (χ2v) is 11.0. The molecule has 4 aromatic rings. The molecule has 0 amide bonds. The van der Waals surface area contributed by atoms with Gasteiger partial charge in [-0.2, -0.15) is 0 Å². The Kier molecular flexibility index (Phi) is 6.94. The van der Waals surface area contributed by atoms with Crippen LogP contribution in [0.5, 0.6) is 0 Å². The van der Waals surface area contributed by atoms with Crippen molar-refractivity contribution in [3.05, 3.63) is 77.2 Å². The van der Waals surface area contributed by atoms with E-state index in [0.717, 1.165) is 55.6 Å². The number of hydrogen-bond donors (Lipinski definition) is 0. The first-order valence-electron chi connectivity index (χ1n) is 11.6. The van der Waals surface area contributed by atoms with Crippen molar-refractivity contribution >= 4 is 46.3 Å². The fourth-order valence-electron chi connectivity index (χ4n) is 4.42. The predicted octanol–water partition coefficient (Wildman–Crippen LogP) is 3.22. The van der Waals surface area contributed by atoms with Gasteiger partial charge in [0.25, 0.3) is 17.4 Å². The second kappa shape index (κ2) is 10.1. The standard InChI is InChI=1S/C25H24BClN5O3S/c1-18-2-8-21(9-3-18)36(34,35)32-23(14-22-24(27)28-17-29-25(22)32)20-6-4-19(5-7-20)15-30-10-12-31(13-11-30)26-16-33/h2-9,14,16-17H,10-13,15H2,1H3. The number of piperazine rings is 1. The van der Waals surface area contributed by atoms with Gasteiger partial charge < -0.3 is 9.61 Å². The number of carbonyl (C=O) groups excluding carboxylic acids is 1. The van der Waals surface area contributed by atoms with Gasteiger partial charge in [-0.3, -0.25) is 4.90 Å². The Morgan fingerprint density at radius 3 is 2.36 bits per heavy atom.